The third-order valence-electron chi connectivity index (χ3n) is 6.63. The predicted octanol–water partition coefficient (Wildman–Crippen LogP) is 5.47. The van der Waals surface area contributed by atoms with Crippen LogP contribution in [0.2, 0.25) is 10.0 Å². The lowest BCUT2D eigenvalue weighted by Gasteiger charge is -2.25. The number of aliphatic hydroxyl groups excluding tert-OH is 1. The number of amides is 2. The van der Waals surface area contributed by atoms with Crippen LogP contribution in [0, 0.1) is 0 Å². The minimum atomic E-state index is -0.875. The van der Waals surface area contributed by atoms with Crippen LogP contribution in [0.15, 0.2) is 66.7 Å². The Hall–Kier alpha value is -2.81. The maximum atomic E-state index is 13.5. The average molecular weight is 606 g/mol. The molecule has 1 fully saturated rings. The van der Waals surface area contributed by atoms with E-state index in [1.807, 2.05) is 55.5 Å². The van der Waals surface area contributed by atoms with Crippen LogP contribution >= 0.6 is 35.6 Å². The Bertz CT molecular complexity index is 1270. The van der Waals surface area contributed by atoms with E-state index in [4.69, 9.17) is 23.2 Å². The van der Waals surface area contributed by atoms with Gasteiger partial charge in [-0.15, -0.1) is 12.4 Å². The van der Waals surface area contributed by atoms with E-state index < -0.39 is 12.1 Å². The van der Waals surface area contributed by atoms with Gasteiger partial charge in [0, 0.05) is 59.6 Å². The van der Waals surface area contributed by atoms with Crippen molar-refractivity contribution in [1.29, 1.82) is 0 Å². The second-order valence-corrected chi connectivity index (χ2v) is 10.6. The molecule has 0 bridgehead atoms. The van der Waals surface area contributed by atoms with E-state index in [1.165, 1.54) is 0 Å². The molecule has 4 N–H and O–H groups in total. The maximum Gasteiger partial charge on any atom is 0.251 e. The highest BCUT2D eigenvalue weighted by Gasteiger charge is 2.25. The zero-order chi connectivity index (χ0) is 27.8. The molecule has 0 spiro atoms. The van der Waals surface area contributed by atoms with Crippen LogP contribution in [-0.2, 0) is 17.8 Å². The summed E-state index contributed by atoms with van der Waals surface area (Å²) in [6, 6.07) is 19.9. The van der Waals surface area contributed by atoms with Gasteiger partial charge in [-0.3, -0.25) is 9.59 Å². The highest BCUT2D eigenvalue weighted by molar-refractivity contribution is 6.34. The summed E-state index contributed by atoms with van der Waals surface area (Å²) < 4.78 is 0. The predicted molar refractivity (Wildman–Crippen MR) is 165 cm³/mol. The second-order valence-electron chi connectivity index (χ2n) is 9.69. The van der Waals surface area contributed by atoms with Gasteiger partial charge in [-0.05, 0) is 67.3 Å². The van der Waals surface area contributed by atoms with Crippen LogP contribution in [0.5, 0.6) is 0 Å². The third kappa shape index (κ3) is 8.85. The number of rotatable bonds is 12. The standard InChI is InChI=1S/C30H34Cl2N4O3.ClH/c1-2-34-25-14-22(15-26(17-25)36-10-6-9-29(36)38)30(39)35-27(13-20-7-4-3-5-8-20)28(37)19-33-18-21-11-23(31)16-24(32)12-21;/h3-5,7-8,11-12,14-17,27-28,33-34,37H,2,6,9-10,13,18-19H2,1H3,(H,35,39);1H/t27-,28+;/m0./s1. The Morgan fingerprint density at radius 3 is 2.40 bits per heavy atom. The van der Waals surface area contributed by atoms with E-state index >= 15 is 0 Å². The minimum Gasteiger partial charge on any atom is -0.390 e. The molecule has 1 heterocycles. The number of nitrogens with one attached hydrogen (secondary N) is 3. The number of nitrogens with zero attached hydrogens (tertiary/aromatic N) is 1. The van der Waals surface area contributed by atoms with Gasteiger partial charge in [0.05, 0.1) is 12.1 Å². The summed E-state index contributed by atoms with van der Waals surface area (Å²) in [5, 5.41) is 21.8. The van der Waals surface area contributed by atoms with Crippen molar-refractivity contribution in [3.05, 3.63) is 93.5 Å². The first-order chi connectivity index (χ1) is 18.8. The molecular formula is C30H35Cl3N4O3. The fraction of sp³-hybridized carbons (Fsp3) is 0.333. The Morgan fingerprint density at radius 1 is 1.02 bits per heavy atom. The largest absolute Gasteiger partial charge is 0.390 e. The summed E-state index contributed by atoms with van der Waals surface area (Å²) in [4.78, 5) is 27.6. The first kappa shape index (κ1) is 31.7. The molecule has 2 atom stereocenters. The molecule has 0 aliphatic carbocycles. The number of anilines is 2. The molecular weight excluding hydrogens is 571 g/mol. The minimum absolute atomic E-state index is 0. The zero-order valence-electron chi connectivity index (χ0n) is 22.3. The van der Waals surface area contributed by atoms with Crippen molar-refractivity contribution in [2.75, 3.05) is 29.9 Å². The topological polar surface area (TPSA) is 93.7 Å². The fourth-order valence-electron chi connectivity index (χ4n) is 4.75. The summed E-state index contributed by atoms with van der Waals surface area (Å²) in [6.07, 6.45) is 0.876. The summed E-state index contributed by atoms with van der Waals surface area (Å²) in [7, 11) is 0. The molecule has 0 unspecified atom stereocenters. The lowest BCUT2D eigenvalue weighted by molar-refractivity contribution is -0.117. The van der Waals surface area contributed by atoms with Gasteiger partial charge in [0.15, 0.2) is 0 Å². The molecule has 40 heavy (non-hydrogen) atoms. The molecule has 2 amide bonds. The monoisotopic (exact) mass is 604 g/mol. The van der Waals surface area contributed by atoms with E-state index in [1.54, 1.807) is 23.1 Å². The van der Waals surface area contributed by atoms with Gasteiger partial charge in [0.25, 0.3) is 5.91 Å². The van der Waals surface area contributed by atoms with Crippen LogP contribution in [-0.4, -0.2) is 48.7 Å². The van der Waals surface area contributed by atoms with Crippen LogP contribution in [0.4, 0.5) is 11.4 Å². The summed E-state index contributed by atoms with van der Waals surface area (Å²) in [6.45, 7) is 3.99. The van der Waals surface area contributed by atoms with E-state index in [-0.39, 0.29) is 30.8 Å². The summed E-state index contributed by atoms with van der Waals surface area (Å²) in [5.74, 6) is -0.260. The SMILES string of the molecule is CCNc1cc(C(=O)N[C@@H](Cc2ccccc2)[C@H](O)CNCc2cc(Cl)cc(Cl)c2)cc(N2CCCC2=O)c1.Cl. The number of aliphatic hydroxyl groups is 1. The molecule has 0 saturated carbocycles. The molecule has 7 nitrogen and oxygen atoms in total. The molecule has 1 aliphatic rings. The van der Waals surface area contributed by atoms with Crippen molar-refractivity contribution in [3.63, 3.8) is 0 Å². The quantitative estimate of drug-likeness (QED) is 0.220. The maximum absolute atomic E-state index is 13.5. The van der Waals surface area contributed by atoms with Gasteiger partial charge < -0.3 is 26.0 Å². The Morgan fingerprint density at radius 2 is 1.75 bits per heavy atom. The Kier molecular flexibility index (Phi) is 12.1. The van der Waals surface area contributed by atoms with E-state index in [9.17, 15) is 14.7 Å². The molecule has 0 radical (unpaired) electrons. The van der Waals surface area contributed by atoms with Crippen molar-refractivity contribution in [2.24, 2.45) is 0 Å². The first-order valence-electron chi connectivity index (χ1n) is 13.2. The number of carbonyl (C=O) groups excluding carboxylic acids is 2. The number of halogens is 3. The van der Waals surface area contributed by atoms with E-state index in [0.717, 1.165) is 23.2 Å². The number of carbonyl (C=O) groups is 2. The highest BCUT2D eigenvalue weighted by atomic mass is 35.5. The lowest BCUT2D eigenvalue weighted by atomic mass is 10.00. The van der Waals surface area contributed by atoms with Crippen molar-refractivity contribution >= 4 is 58.8 Å². The van der Waals surface area contributed by atoms with Crippen molar-refractivity contribution in [2.45, 2.75) is 44.9 Å². The molecule has 4 rings (SSSR count). The average Bonchev–Trinajstić information content (AvgIpc) is 3.34. The lowest BCUT2D eigenvalue weighted by Crippen LogP contribution is -2.48. The highest BCUT2D eigenvalue weighted by Crippen LogP contribution is 2.27. The normalized spacial score (nSPS) is 14.4. The smallest absolute Gasteiger partial charge is 0.251 e. The first-order valence-corrected chi connectivity index (χ1v) is 14.0. The molecule has 1 aliphatic heterocycles. The van der Waals surface area contributed by atoms with Crippen LogP contribution in [0.25, 0.3) is 0 Å². The van der Waals surface area contributed by atoms with Crippen molar-refractivity contribution in [3.8, 4) is 0 Å². The Labute approximate surface area is 251 Å². The zero-order valence-corrected chi connectivity index (χ0v) is 24.7. The van der Waals surface area contributed by atoms with Gasteiger partial charge in [-0.1, -0.05) is 53.5 Å². The molecule has 10 heteroatoms. The third-order valence-corrected chi connectivity index (χ3v) is 7.07. The number of benzene rings is 3. The van der Waals surface area contributed by atoms with Gasteiger partial charge in [0.1, 0.15) is 0 Å². The molecule has 214 valence electrons. The van der Waals surface area contributed by atoms with Crippen LogP contribution < -0.4 is 20.9 Å². The molecule has 3 aromatic rings. The van der Waals surface area contributed by atoms with Crippen molar-refractivity contribution in [1.82, 2.24) is 10.6 Å². The second kappa shape index (κ2) is 15.3. The van der Waals surface area contributed by atoms with Gasteiger partial charge in [0.2, 0.25) is 5.91 Å². The van der Waals surface area contributed by atoms with E-state index in [0.29, 0.717) is 53.8 Å². The number of hydrogen-bond donors (Lipinski definition) is 4. The molecule has 3 aromatic carbocycles. The van der Waals surface area contributed by atoms with Gasteiger partial charge in [-0.25, -0.2) is 0 Å². The summed E-state index contributed by atoms with van der Waals surface area (Å²) in [5.41, 5.74) is 3.78. The van der Waals surface area contributed by atoms with Gasteiger partial charge >= 0.3 is 0 Å². The Balaban J connectivity index is 0.00000441. The van der Waals surface area contributed by atoms with E-state index in [2.05, 4.69) is 16.0 Å². The van der Waals surface area contributed by atoms with Crippen LogP contribution in [0.3, 0.4) is 0 Å². The molecule has 1 saturated heterocycles. The molecule has 0 aromatic heterocycles. The van der Waals surface area contributed by atoms with Gasteiger partial charge in [-0.2, -0.15) is 0 Å². The van der Waals surface area contributed by atoms with Crippen LogP contribution in [0.1, 0.15) is 41.3 Å². The fourth-order valence-corrected chi connectivity index (χ4v) is 5.32. The number of hydrogen-bond acceptors (Lipinski definition) is 5. The van der Waals surface area contributed by atoms with Crippen molar-refractivity contribution < 1.29 is 14.7 Å². The summed E-state index contributed by atoms with van der Waals surface area (Å²) >= 11 is 12.2.